The van der Waals surface area contributed by atoms with Gasteiger partial charge in [0.25, 0.3) is 0 Å². The van der Waals surface area contributed by atoms with E-state index in [9.17, 15) is 9.59 Å². The number of carbonyl (C=O) groups is 2. The van der Waals surface area contributed by atoms with Gasteiger partial charge in [0.05, 0.1) is 6.61 Å². The summed E-state index contributed by atoms with van der Waals surface area (Å²) >= 11 is 6.38. The van der Waals surface area contributed by atoms with Crippen molar-refractivity contribution in [1.29, 1.82) is 0 Å². The van der Waals surface area contributed by atoms with E-state index >= 15 is 0 Å². The lowest BCUT2D eigenvalue weighted by Crippen LogP contribution is -2.32. The number of alkyl halides is 2. The maximum absolute atomic E-state index is 12.0. The molecule has 1 rings (SSSR count). The quantitative estimate of drug-likeness (QED) is 0.459. The Balaban J connectivity index is 2.73. The van der Waals surface area contributed by atoms with Crippen LogP contribution < -0.4 is 0 Å². The van der Waals surface area contributed by atoms with Gasteiger partial charge in [-0.2, -0.15) is 0 Å². The lowest BCUT2D eigenvalue weighted by atomic mass is 10.1. The Morgan fingerprint density at radius 2 is 1.76 bits per heavy atom. The maximum atomic E-state index is 12.0. The standard InChI is InChI=1S/C12H12Br2O3/c1-2-17-12(16)10(14)9(13)11(15)8-6-4-3-5-7-8/h3-7,9-10H,2H2,1H3/t9-,10-/m0/s1. The van der Waals surface area contributed by atoms with Gasteiger partial charge in [0, 0.05) is 5.56 Å². The first-order valence-corrected chi connectivity index (χ1v) is 6.95. The van der Waals surface area contributed by atoms with Gasteiger partial charge in [-0.25, -0.2) is 0 Å². The zero-order valence-electron chi connectivity index (χ0n) is 9.23. The fraction of sp³-hybridized carbons (Fsp3) is 0.333. The number of benzene rings is 1. The van der Waals surface area contributed by atoms with Crippen LogP contribution in [0.5, 0.6) is 0 Å². The van der Waals surface area contributed by atoms with E-state index in [1.807, 2.05) is 6.07 Å². The number of halogens is 2. The van der Waals surface area contributed by atoms with Crippen LogP contribution in [-0.4, -0.2) is 28.0 Å². The predicted octanol–water partition coefficient (Wildman–Crippen LogP) is 2.96. The van der Waals surface area contributed by atoms with E-state index in [1.165, 1.54) is 0 Å². The fourth-order valence-corrected chi connectivity index (χ4v) is 2.09. The van der Waals surface area contributed by atoms with Gasteiger partial charge in [-0.1, -0.05) is 62.2 Å². The second kappa shape index (κ2) is 6.91. The molecule has 3 nitrogen and oxygen atoms in total. The Hall–Kier alpha value is -0.680. The topological polar surface area (TPSA) is 43.4 Å². The van der Waals surface area contributed by atoms with Crippen molar-refractivity contribution in [3.05, 3.63) is 35.9 Å². The summed E-state index contributed by atoms with van der Waals surface area (Å²) in [6, 6.07) is 8.81. The molecule has 0 saturated carbocycles. The molecule has 0 radical (unpaired) electrons. The Labute approximate surface area is 117 Å². The summed E-state index contributed by atoms with van der Waals surface area (Å²) in [6.45, 7) is 2.01. The number of Topliss-reactive ketones (excluding diaryl/α,β-unsaturated/α-hetero) is 1. The lowest BCUT2D eigenvalue weighted by molar-refractivity contribution is -0.142. The van der Waals surface area contributed by atoms with Crippen LogP contribution in [0.4, 0.5) is 0 Å². The molecule has 2 atom stereocenters. The molecule has 1 aromatic rings. The zero-order chi connectivity index (χ0) is 12.8. The third-order valence-electron chi connectivity index (χ3n) is 2.08. The molecule has 92 valence electrons. The van der Waals surface area contributed by atoms with Crippen LogP contribution in [0.15, 0.2) is 30.3 Å². The third kappa shape index (κ3) is 3.92. The average molecular weight is 364 g/mol. The molecule has 0 aliphatic rings. The van der Waals surface area contributed by atoms with E-state index in [2.05, 4.69) is 31.9 Å². The molecule has 0 spiro atoms. The summed E-state index contributed by atoms with van der Waals surface area (Å²) in [5.74, 6) is -0.598. The largest absolute Gasteiger partial charge is 0.465 e. The van der Waals surface area contributed by atoms with Crippen molar-refractivity contribution in [2.24, 2.45) is 0 Å². The van der Waals surface area contributed by atoms with E-state index in [0.29, 0.717) is 12.2 Å². The van der Waals surface area contributed by atoms with Crippen LogP contribution in [0.1, 0.15) is 17.3 Å². The summed E-state index contributed by atoms with van der Waals surface area (Å²) in [5.41, 5.74) is 0.558. The highest BCUT2D eigenvalue weighted by Gasteiger charge is 2.31. The van der Waals surface area contributed by atoms with Crippen molar-refractivity contribution in [3.8, 4) is 0 Å². The Morgan fingerprint density at radius 3 is 2.29 bits per heavy atom. The molecular formula is C12H12Br2O3. The van der Waals surface area contributed by atoms with Gasteiger partial charge in [0.15, 0.2) is 5.78 Å². The number of hydrogen-bond donors (Lipinski definition) is 0. The number of esters is 1. The van der Waals surface area contributed by atoms with Crippen LogP contribution >= 0.6 is 31.9 Å². The summed E-state index contributed by atoms with van der Waals surface area (Å²) < 4.78 is 4.84. The van der Waals surface area contributed by atoms with E-state index in [4.69, 9.17) is 4.74 Å². The van der Waals surface area contributed by atoms with Crippen molar-refractivity contribution < 1.29 is 14.3 Å². The van der Waals surface area contributed by atoms with E-state index < -0.39 is 15.6 Å². The van der Waals surface area contributed by atoms with Gasteiger partial charge < -0.3 is 4.74 Å². The maximum Gasteiger partial charge on any atom is 0.321 e. The summed E-state index contributed by atoms with van der Waals surface area (Å²) in [5, 5.41) is 0. The molecule has 0 amide bonds. The van der Waals surface area contributed by atoms with E-state index in [0.717, 1.165) is 0 Å². The fourth-order valence-electron chi connectivity index (χ4n) is 1.24. The SMILES string of the molecule is CCOC(=O)[C@@H](Br)[C@H](Br)C(=O)c1ccccc1. The Bertz CT molecular complexity index is 392. The lowest BCUT2D eigenvalue weighted by Gasteiger charge is -2.14. The molecule has 0 unspecified atom stereocenters. The predicted molar refractivity (Wildman–Crippen MR) is 72.8 cm³/mol. The number of hydrogen-bond acceptors (Lipinski definition) is 3. The molecule has 5 heteroatoms. The third-order valence-corrected chi connectivity index (χ3v) is 4.63. The van der Waals surface area contributed by atoms with E-state index in [1.54, 1.807) is 31.2 Å². The van der Waals surface area contributed by atoms with Gasteiger partial charge in [-0.15, -0.1) is 0 Å². The molecule has 0 heterocycles. The normalized spacial score (nSPS) is 13.8. The van der Waals surface area contributed by atoms with Crippen LogP contribution in [0.2, 0.25) is 0 Å². The minimum atomic E-state index is -0.685. The molecular weight excluding hydrogens is 352 g/mol. The van der Waals surface area contributed by atoms with Crippen molar-refractivity contribution in [2.45, 2.75) is 16.6 Å². The first-order valence-electron chi connectivity index (χ1n) is 5.12. The van der Waals surface area contributed by atoms with Crippen LogP contribution in [0.3, 0.4) is 0 Å². The van der Waals surface area contributed by atoms with Crippen molar-refractivity contribution in [3.63, 3.8) is 0 Å². The first-order chi connectivity index (χ1) is 8.07. The Morgan fingerprint density at radius 1 is 1.18 bits per heavy atom. The number of rotatable bonds is 5. The molecule has 0 bridgehead atoms. The van der Waals surface area contributed by atoms with Crippen molar-refractivity contribution in [2.75, 3.05) is 6.61 Å². The summed E-state index contributed by atoms with van der Waals surface area (Å²) in [6.07, 6.45) is 0. The number of ketones is 1. The highest BCUT2D eigenvalue weighted by Crippen LogP contribution is 2.20. The molecule has 0 N–H and O–H groups in total. The number of ether oxygens (including phenoxy) is 1. The summed E-state index contributed by atoms with van der Waals surface area (Å²) in [7, 11) is 0. The molecule has 0 aliphatic heterocycles. The van der Waals surface area contributed by atoms with Crippen LogP contribution in [0.25, 0.3) is 0 Å². The molecule has 1 aromatic carbocycles. The van der Waals surface area contributed by atoms with Gasteiger partial charge >= 0.3 is 5.97 Å². The minimum Gasteiger partial charge on any atom is -0.465 e. The van der Waals surface area contributed by atoms with Gasteiger partial charge in [-0.05, 0) is 6.92 Å². The Kier molecular flexibility index (Phi) is 5.85. The average Bonchev–Trinajstić information content (AvgIpc) is 2.37. The highest BCUT2D eigenvalue weighted by atomic mass is 79.9. The first kappa shape index (κ1) is 14.4. The van der Waals surface area contributed by atoms with Crippen LogP contribution in [0, 0.1) is 0 Å². The second-order valence-electron chi connectivity index (χ2n) is 3.29. The molecule has 0 saturated heterocycles. The second-order valence-corrected chi connectivity index (χ2v) is 5.26. The molecule has 0 aliphatic carbocycles. The summed E-state index contributed by atoms with van der Waals surface area (Å²) in [4.78, 5) is 22.2. The zero-order valence-corrected chi connectivity index (χ0v) is 12.4. The molecule has 17 heavy (non-hydrogen) atoms. The van der Waals surface area contributed by atoms with Gasteiger partial charge in [0.2, 0.25) is 0 Å². The molecule has 0 aromatic heterocycles. The number of carbonyl (C=O) groups excluding carboxylic acids is 2. The monoisotopic (exact) mass is 362 g/mol. The smallest absolute Gasteiger partial charge is 0.321 e. The molecule has 0 fully saturated rings. The van der Waals surface area contributed by atoms with Crippen molar-refractivity contribution >= 4 is 43.6 Å². The van der Waals surface area contributed by atoms with E-state index in [-0.39, 0.29) is 5.78 Å². The van der Waals surface area contributed by atoms with Gasteiger partial charge in [-0.3, -0.25) is 9.59 Å². The van der Waals surface area contributed by atoms with Gasteiger partial charge in [0.1, 0.15) is 9.65 Å². The minimum absolute atomic E-state index is 0.152. The highest BCUT2D eigenvalue weighted by molar-refractivity contribution is 9.12. The van der Waals surface area contributed by atoms with Crippen LogP contribution in [-0.2, 0) is 9.53 Å². The van der Waals surface area contributed by atoms with Crippen molar-refractivity contribution in [1.82, 2.24) is 0 Å².